The molecular formula is C51H36N6S. The summed E-state index contributed by atoms with van der Waals surface area (Å²) in [6.45, 7) is 4.60. The van der Waals surface area contributed by atoms with E-state index in [9.17, 15) is 0 Å². The predicted octanol–water partition coefficient (Wildman–Crippen LogP) is 12.5. The first-order valence-corrected chi connectivity index (χ1v) is 20.1. The molecular weight excluding hydrogens is 729 g/mol. The molecule has 10 rings (SSSR count). The average molecular weight is 765 g/mol. The molecule has 276 valence electrons. The Morgan fingerprint density at radius 1 is 0.328 bits per heavy atom. The molecule has 0 saturated carbocycles. The molecule has 0 N–H and O–H groups in total. The van der Waals surface area contributed by atoms with Crippen LogP contribution >= 0.6 is 11.8 Å². The Morgan fingerprint density at radius 3 is 1.29 bits per heavy atom. The van der Waals surface area contributed by atoms with Crippen molar-refractivity contribution < 1.29 is 0 Å². The topological polar surface area (TPSA) is 77.3 Å². The van der Waals surface area contributed by atoms with Crippen molar-refractivity contribution in [1.29, 1.82) is 0 Å². The van der Waals surface area contributed by atoms with Gasteiger partial charge in [-0.2, -0.15) is 0 Å². The Kier molecular flexibility index (Phi) is 9.00. The zero-order valence-corrected chi connectivity index (χ0v) is 32.7. The first kappa shape index (κ1) is 35.3. The van der Waals surface area contributed by atoms with Gasteiger partial charge in [-0.15, -0.1) is 0 Å². The molecule has 7 aromatic carbocycles. The molecule has 0 unspecified atom stereocenters. The van der Waals surface area contributed by atoms with Crippen LogP contribution < -0.4 is 0 Å². The molecule has 0 amide bonds. The number of aromatic nitrogens is 6. The Morgan fingerprint density at radius 2 is 0.724 bits per heavy atom. The van der Waals surface area contributed by atoms with Crippen molar-refractivity contribution in [3.8, 4) is 79.5 Å². The minimum atomic E-state index is -0.174. The summed E-state index contributed by atoms with van der Waals surface area (Å²) in [6.07, 6.45) is 0. The summed E-state index contributed by atoms with van der Waals surface area (Å²) in [5.41, 5.74) is 10.2. The summed E-state index contributed by atoms with van der Waals surface area (Å²) < 4.78 is 0. The van der Waals surface area contributed by atoms with Crippen LogP contribution in [0, 0.1) is 0 Å². The first-order chi connectivity index (χ1) is 28.5. The molecule has 0 atom stereocenters. The molecule has 0 fully saturated rings. The summed E-state index contributed by atoms with van der Waals surface area (Å²) in [5, 5.41) is 0. The van der Waals surface area contributed by atoms with E-state index in [4.69, 9.17) is 29.9 Å². The van der Waals surface area contributed by atoms with E-state index in [2.05, 4.69) is 105 Å². The molecule has 6 nitrogen and oxygen atoms in total. The third-order valence-corrected chi connectivity index (χ3v) is 11.9. The van der Waals surface area contributed by atoms with Crippen LogP contribution in [0.4, 0.5) is 0 Å². The van der Waals surface area contributed by atoms with Gasteiger partial charge in [0.25, 0.3) is 0 Å². The van der Waals surface area contributed by atoms with Crippen molar-refractivity contribution in [3.05, 3.63) is 193 Å². The highest BCUT2D eigenvalue weighted by Crippen LogP contribution is 2.51. The van der Waals surface area contributed by atoms with E-state index in [-0.39, 0.29) is 5.41 Å². The van der Waals surface area contributed by atoms with Gasteiger partial charge >= 0.3 is 0 Å². The standard InChI is InChI=1S/C51H36N6S/c1-51(2)41-25-12-13-27-43(41)58-44-40(24-15-26-42(44)51)50-56-47(36-20-10-5-11-21-36)55-49(57-50)39-23-14-22-38(32-39)33-28-30-37(31-29-33)48-53-45(34-16-6-3-7-17-34)52-46(54-48)35-18-8-4-9-19-35/h3-32H,1-2H3. The lowest BCUT2D eigenvalue weighted by Crippen LogP contribution is -2.24. The van der Waals surface area contributed by atoms with Gasteiger partial charge in [-0.1, -0.05) is 195 Å². The van der Waals surface area contributed by atoms with Crippen molar-refractivity contribution >= 4 is 11.8 Å². The zero-order chi connectivity index (χ0) is 39.1. The van der Waals surface area contributed by atoms with Gasteiger partial charge in [0.1, 0.15) is 0 Å². The van der Waals surface area contributed by atoms with Crippen LogP contribution in [-0.4, -0.2) is 29.9 Å². The normalized spacial score (nSPS) is 12.7. The van der Waals surface area contributed by atoms with Gasteiger partial charge < -0.3 is 0 Å². The Hall–Kier alpha value is -7.09. The number of benzene rings is 7. The number of hydrogen-bond donors (Lipinski definition) is 0. The highest BCUT2D eigenvalue weighted by molar-refractivity contribution is 7.99. The van der Waals surface area contributed by atoms with Gasteiger partial charge in [0, 0.05) is 48.6 Å². The van der Waals surface area contributed by atoms with Crippen molar-refractivity contribution in [3.63, 3.8) is 0 Å². The molecule has 0 spiro atoms. The van der Waals surface area contributed by atoms with Gasteiger partial charge in [-0.25, -0.2) is 29.9 Å². The second-order valence-electron chi connectivity index (χ2n) is 14.8. The Labute approximate surface area is 341 Å². The van der Waals surface area contributed by atoms with E-state index in [1.807, 2.05) is 91.0 Å². The van der Waals surface area contributed by atoms with Gasteiger partial charge in [0.05, 0.1) is 0 Å². The molecule has 3 heterocycles. The molecule has 2 aromatic heterocycles. The lowest BCUT2D eigenvalue weighted by Gasteiger charge is -2.35. The lowest BCUT2D eigenvalue weighted by atomic mass is 9.77. The fourth-order valence-electron chi connectivity index (χ4n) is 7.57. The Balaban J connectivity index is 1.03. The average Bonchev–Trinajstić information content (AvgIpc) is 3.29. The number of fused-ring (bicyclic) bond motifs is 2. The largest absolute Gasteiger partial charge is 0.208 e. The van der Waals surface area contributed by atoms with E-state index >= 15 is 0 Å². The van der Waals surface area contributed by atoms with Crippen LogP contribution in [0.3, 0.4) is 0 Å². The van der Waals surface area contributed by atoms with E-state index in [0.29, 0.717) is 34.9 Å². The van der Waals surface area contributed by atoms with Crippen molar-refractivity contribution in [2.45, 2.75) is 29.1 Å². The number of hydrogen-bond acceptors (Lipinski definition) is 7. The van der Waals surface area contributed by atoms with Crippen LogP contribution in [0.25, 0.3) is 79.5 Å². The maximum Gasteiger partial charge on any atom is 0.165 e. The minimum Gasteiger partial charge on any atom is -0.208 e. The van der Waals surface area contributed by atoms with Gasteiger partial charge in [-0.05, 0) is 34.4 Å². The number of nitrogens with zero attached hydrogens (tertiary/aromatic N) is 6. The van der Waals surface area contributed by atoms with Crippen LogP contribution in [-0.2, 0) is 5.41 Å². The van der Waals surface area contributed by atoms with Crippen molar-refractivity contribution in [2.24, 2.45) is 0 Å². The summed E-state index contributed by atoms with van der Waals surface area (Å²) in [5.74, 6) is 3.79. The van der Waals surface area contributed by atoms with Crippen LogP contribution in [0.15, 0.2) is 192 Å². The summed E-state index contributed by atoms with van der Waals surface area (Å²) in [6, 6.07) is 62.2. The second-order valence-corrected chi connectivity index (χ2v) is 15.8. The van der Waals surface area contributed by atoms with Crippen molar-refractivity contribution in [1.82, 2.24) is 29.9 Å². The minimum absolute atomic E-state index is 0.174. The summed E-state index contributed by atoms with van der Waals surface area (Å²) >= 11 is 1.80. The number of rotatable bonds is 7. The summed E-state index contributed by atoms with van der Waals surface area (Å²) in [4.78, 5) is 32.5. The van der Waals surface area contributed by atoms with Crippen molar-refractivity contribution in [2.75, 3.05) is 0 Å². The van der Waals surface area contributed by atoms with Crippen LogP contribution in [0.1, 0.15) is 25.0 Å². The van der Waals surface area contributed by atoms with E-state index in [1.54, 1.807) is 11.8 Å². The molecule has 0 aliphatic carbocycles. The van der Waals surface area contributed by atoms with E-state index in [0.717, 1.165) is 44.5 Å². The molecule has 58 heavy (non-hydrogen) atoms. The Bertz CT molecular complexity index is 2880. The van der Waals surface area contributed by atoms with Crippen LogP contribution in [0.5, 0.6) is 0 Å². The molecule has 0 saturated heterocycles. The SMILES string of the molecule is CC1(C)c2ccccc2Sc2c(-c3nc(-c4ccccc4)nc(-c4cccc(-c5ccc(-c6nc(-c7ccccc7)nc(-c7ccccc7)n6)cc5)c4)n3)cccc21. The highest BCUT2D eigenvalue weighted by Gasteiger charge is 2.34. The van der Waals surface area contributed by atoms with E-state index in [1.165, 1.54) is 20.9 Å². The van der Waals surface area contributed by atoms with E-state index < -0.39 is 0 Å². The third-order valence-electron chi connectivity index (χ3n) is 10.7. The first-order valence-electron chi connectivity index (χ1n) is 19.3. The smallest absolute Gasteiger partial charge is 0.165 e. The fraction of sp³-hybridized carbons (Fsp3) is 0.0588. The maximum atomic E-state index is 5.21. The predicted molar refractivity (Wildman–Crippen MR) is 234 cm³/mol. The van der Waals surface area contributed by atoms with Gasteiger partial charge in [0.15, 0.2) is 34.9 Å². The quantitative estimate of drug-likeness (QED) is 0.160. The summed E-state index contributed by atoms with van der Waals surface area (Å²) in [7, 11) is 0. The van der Waals surface area contributed by atoms with Gasteiger partial charge in [-0.3, -0.25) is 0 Å². The lowest BCUT2D eigenvalue weighted by molar-refractivity contribution is 0.608. The van der Waals surface area contributed by atoms with Crippen LogP contribution in [0.2, 0.25) is 0 Å². The third kappa shape index (κ3) is 6.65. The molecule has 1 aliphatic heterocycles. The molecule has 9 aromatic rings. The fourth-order valence-corrected chi connectivity index (χ4v) is 9.07. The second kappa shape index (κ2) is 14.8. The monoisotopic (exact) mass is 764 g/mol. The van der Waals surface area contributed by atoms with Gasteiger partial charge in [0.2, 0.25) is 0 Å². The highest BCUT2D eigenvalue weighted by atomic mass is 32.2. The zero-order valence-electron chi connectivity index (χ0n) is 31.9. The molecule has 1 aliphatic rings. The molecule has 0 bridgehead atoms. The maximum absolute atomic E-state index is 5.21. The molecule has 0 radical (unpaired) electrons. The molecule has 7 heteroatoms.